The molecule has 0 amide bonds. The second-order valence-electron chi connectivity index (χ2n) is 8.33. The van der Waals surface area contributed by atoms with Crippen LogP contribution in [-0.4, -0.2) is 36.8 Å². The summed E-state index contributed by atoms with van der Waals surface area (Å²) in [6.45, 7) is 6.97. The Hall–Kier alpha value is -2.30. The largest absolute Gasteiger partial charge is 0.493 e. The third-order valence-corrected chi connectivity index (χ3v) is 6.53. The first-order valence-corrected chi connectivity index (χ1v) is 10.5. The van der Waals surface area contributed by atoms with Gasteiger partial charge >= 0.3 is 0 Å². The van der Waals surface area contributed by atoms with Crippen molar-refractivity contribution in [3.05, 3.63) is 72.3 Å². The maximum absolute atomic E-state index is 11.6. The van der Waals surface area contributed by atoms with E-state index in [9.17, 15) is 5.11 Å². The van der Waals surface area contributed by atoms with Crippen LogP contribution in [0.5, 0.6) is 11.5 Å². The molecule has 1 aliphatic carbocycles. The first kappa shape index (κ1) is 20.0. The van der Waals surface area contributed by atoms with Crippen LogP contribution in [-0.2, 0) is 12.1 Å². The molecule has 1 heterocycles. The van der Waals surface area contributed by atoms with Crippen LogP contribution >= 0.6 is 0 Å². The molecule has 4 nitrogen and oxygen atoms in total. The molecule has 1 saturated carbocycles. The van der Waals surface area contributed by atoms with Gasteiger partial charge in [-0.25, -0.2) is 0 Å². The van der Waals surface area contributed by atoms with Crippen molar-refractivity contribution in [2.75, 3.05) is 26.8 Å². The van der Waals surface area contributed by atoms with E-state index in [0.29, 0.717) is 12.5 Å². The van der Waals surface area contributed by atoms with E-state index >= 15 is 0 Å². The van der Waals surface area contributed by atoms with Crippen molar-refractivity contribution in [3.63, 3.8) is 0 Å². The summed E-state index contributed by atoms with van der Waals surface area (Å²) in [7, 11) is 1.67. The molecule has 1 saturated heterocycles. The first-order chi connectivity index (χ1) is 14.1. The third-order valence-electron chi connectivity index (χ3n) is 6.53. The molecule has 0 bridgehead atoms. The molecule has 0 aromatic heterocycles. The summed E-state index contributed by atoms with van der Waals surface area (Å²) in [6, 6.07) is 16.4. The van der Waals surface area contributed by atoms with E-state index in [1.54, 1.807) is 13.2 Å². The average molecular weight is 394 g/mol. The molecule has 154 valence electrons. The zero-order valence-corrected chi connectivity index (χ0v) is 17.2. The van der Waals surface area contributed by atoms with Crippen molar-refractivity contribution >= 4 is 0 Å². The Labute approximate surface area is 173 Å². The molecule has 1 N–H and O–H groups in total. The van der Waals surface area contributed by atoms with E-state index < -0.39 is 5.60 Å². The maximum atomic E-state index is 11.6. The Balaban J connectivity index is 1.49. The fourth-order valence-corrected chi connectivity index (χ4v) is 5.16. The van der Waals surface area contributed by atoms with E-state index in [4.69, 9.17) is 9.47 Å². The van der Waals surface area contributed by atoms with Gasteiger partial charge in [0.1, 0.15) is 6.61 Å². The number of aliphatic hydroxyl groups is 1. The van der Waals surface area contributed by atoms with E-state index in [0.717, 1.165) is 49.5 Å². The normalized spacial score (nSPS) is 26.7. The molecule has 2 aromatic carbocycles. The molecule has 1 aliphatic heterocycles. The SMILES string of the molecule is C=CCOc1ccc(CN2C[C@H]3CCC[C@](O)(c4ccccc4)[C@H]3C2)cc1OC. The quantitative estimate of drug-likeness (QED) is 0.709. The van der Waals surface area contributed by atoms with Gasteiger partial charge in [0.05, 0.1) is 12.7 Å². The Morgan fingerprint density at radius 1 is 1.17 bits per heavy atom. The van der Waals surface area contributed by atoms with Gasteiger partial charge in [-0.05, 0) is 48.4 Å². The number of nitrogens with zero attached hydrogens (tertiary/aromatic N) is 1. The summed E-state index contributed by atoms with van der Waals surface area (Å²) in [5.41, 5.74) is 1.57. The van der Waals surface area contributed by atoms with Gasteiger partial charge in [0.15, 0.2) is 11.5 Å². The smallest absolute Gasteiger partial charge is 0.161 e. The van der Waals surface area contributed by atoms with Crippen molar-refractivity contribution < 1.29 is 14.6 Å². The molecule has 0 radical (unpaired) electrons. The predicted molar refractivity (Wildman–Crippen MR) is 115 cm³/mol. The van der Waals surface area contributed by atoms with Crippen LogP contribution in [0.25, 0.3) is 0 Å². The number of fused-ring (bicyclic) bond motifs is 1. The Bertz CT molecular complexity index is 837. The summed E-state index contributed by atoms with van der Waals surface area (Å²) in [6.07, 6.45) is 4.87. The molecule has 2 fully saturated rings. The summed E-state index contributed by atoms with van der Waals surface area (Å²) in [4.78, 5) is 2.48. The highest BCUT2D eigenvalue weighted by Crippen LogP contribution is 2.48. The lowest BCUT2D eigenvalue weighted by atomic mass is 9.67. The highest BCUT2D eigenvalue weighted by Gasteiger charge is 2.49. The molecule has 4 heteroatoms. The summed E-state index contributed by atoms with van der Waals surface area (Å²) < 4.78 is 11.2. The monoisotopic (exact) mass is 393 g/mol. The van der Waals surface area contributed by atoms with Gasteiger partial charge in [0, 0.05) is 25.6 Å². The molecule has 3 atom stereocenters. The van der Waals surface area contributed by atoms with Crippen LogP contribution in [0.1, 0.15) is 30.4 Å². The molecule has 2 aliphatic rings. The maximum Gasteiger partial charge on any atom is 0.161 e. The van der Waals surface area contributed by atoms with Crippen LogP contribution in [0.3, 0.4) is 0 Å². The number of hydrogen-bond acceptors (Lipinski definition) is 4. The Morgan fingerprint density at radius 2 is 2.00 bits per heavy atom. The number of ether oxygens (including phenoxy) is 2. The molecular formula is C25H31NO3. The van der Waals surface area contributed by atoms with E-state index in [2.05, 4.69) is 35.7 Å². The highest BCUT2D eigenvalue weighted by molar-refractivity contribution is 5.43. The standard InChI is InChI=1S/C25H31NO3/c1-3-14-29-23-12-11-19(15-24(23)28-2)16-26-17-20-8-7-13-25(27,22(20)18-26)21-9-5-4-6-10-21/h3-6,9-12,15,20,22,27H,1,7-8,13-14,16-18H2,2H3/t20-,22+,25+/m1/s1. The number of hydrogen-bond donors (Lipinski definition) is 1. The minimum absolute atomic E-state index is 0.288. The topological polar surface area (TPSA) is 41.9 Å². The van der Waals surface area contributed by atoms with Crippen LogP contribution in [0.2, 0.25) is 0 Å². The van der Waals surface area contributed by atoms with Gasteiger partial charge in [-0.3, -0.25) is 4.90 Å². The molecule has 2 aromatic rings. The lowest BCUT2D eigenvalue weighted by molar-refractivity contribution is -0.0648. The van der Waals surface area contributed by atoms with Gasteiger partial charge in [0.2, 0.25) is 0 Å². The lowest BCUT2D eigenvalue weighted by Gasteiger charge is -2.41. The number of benzene rings is 2. The van der Waals surface area contributed by atoms with Gasteiger partial charge in [0.25, 0.3) is 0 Å². The minimum Gasteiger partial charge on any atom is -0.493 e. The van der Waals surface area contributed by atoms with Gasteiger partial charge in [-0.15, -0.1) is 0 Å². The van der Waals surface area contributed by atoms with Gasteiger partial charge in [-0.1, -0.05) is 49.1 Å². The number of methoxy groups -OCH3 is 1. The van der Waals surface area contributed by atoms with Crippen molar-refractivity contribution in [1.82, 2.24) is 4.90 Å². The second kappa shape index (κ2) is 8.60. The number of rotatable bonds is 7. The predicted octanol–water partition coefficient (Wildman–Crippen LogP) is 4.38. The summed E-state index contributed by atoms with van der Waals surface area (Å²) >= 11 is 0. The lowest BCUT2D eigenvalue weighted by Crippen LogP contribution is -2.42. The Morgan fingerprint density at radius 3 is 2.76 bits per heavy atom. The molecular weight excluding hydrogens is 362 g/mol. The zero-order chi connectivity index (χ0) is 20.3. The van der Waals surface area contributed by atoms with Crippen molar-refractivity contribution in [2.24, 2.45) is 11.8 Å². The highest BCUT2D eigenvalue weighted by atomic mass is 16.5. The van der Waals surface area contributed by atoms with Crippen LogP contribution in [0, 0.1) is 11.8 Å². The fourth-order valence-electron chi connectivity index (χ4n) is 5.16. The van der Waals surface area contributed by atoms with Crippen LogP contribution in [0.4, 0.5) is 0 Å². The van der Waals surface area contributed by atoms with E-state index in [1.807, 2.05) is 24.3 Å². The molecule has 0 unspecified atom stereocenters. The Kier molecular flexibility index (Phi) is 5.93. The summed E-state index contributed by atoms with van der Waals surface area (Å²) in [5, 5.41) is 11.6. The van der Waals surface area contributed by atoms with Crippen LogP contribution < -0.4 is 9.47 Å². The van der Waals surface area contributed by atoms with Gasteiger partial charge < -0.3 is 14.6 Å². The van der Waals surface area contributed by atoms with Crippen molar-refractivity contribution in [2.45, 2.75) is 31.4 Å². The first-order valence-electron chi connectivity index (χ1n) is 10.5. The molecule has 0 spiro atoms. The van der Waals surface area contributed by atoms with Gasteiger partial charge in [-0.2, -0.15) is 0 Å². The average Bonchev–Trinajstić information content (AvgIpc) is 3.17. The van der Waals surface area contributed by atoms with Crippen molar-refractivity contribution in [1.29, 1.82) is 0 Å². The van der Waals surface area contributed by atoms with E-state index in [1.165, 1.54) is 12.0 Å². The van der Waals surface area contributed by atoms with Crippen molar-refractivity contribution in [3.8, 4) is 11.5 Å². The number of likely N-dealkylation sites (tertiary alicyclic amines) is 1. The second-order valence-corrected chi connectivity index (χ2v) is 8.33. The minimum atomic E-state index is -0.709. The summed E-state index contributed by atoms with van der Waals surface area (Å²) in [5.74, 6) is 2.33. The van der Waals surface area contributed by atoms with Crippen LogP contribution in [0.15, 0.2) is 61.2 Å². The zero-order valence-electron chi connectivity index (χ0n) is 17.2. The molecule has 4 rings (SSSR count). The molecule has 29 heavy (non-hydrogen) atoms. The van der Waals surface area contributed by atoms with E-state index in [-0.39, 0.29) is 5.92 Å². The fraction of sp³-hybridized carbons (Fsp3) is 0.440. The third kappa shape index (κ3) is 4.05.